The molecule has 1 aromatic rings. The SMILES string of the molecule is CN=C(NCCNC(C)(C)C)N1CCN(c2ncccn2)CC1.I. The Morgan fingerprint density at radius 3 is 2.29 bits per heavy atom. The van der Waals surface area contributed by atoms with Crippen molar-refractivity contribution >= 4 is 35.9 Å². The van der Waals surface area contributed by atoms with Gasteiger partial charge in [-0.3, -0.25) is 4.99 Å². The Morgan fingerprint density at radius 1 is 1.12 bits per heavy atom. The molecule has 0 bridgehead atoms. The highest BCUT2D eigenvalue weighted by Crippen LogP contribution is 2.09. The van der Waals surface area contributed by atoms with Crippen molar-refractivity contribution in [1.82, 2.24) is 25.5 Å². The summed E-state index contributed by atoms with van der Waals surface area (Å²) in [7, 11) is 1.84. The van der Waals surface area contributed by atoms with Crippen LogP contribution >= 0.6 is 24.0 Å². The number of aliphatic imine (C=N–C) groups is 1. The Labute approximate surface area is 162 Å². The van der Waals surface area contributed by atoms with Crippen molar-refractivity contribution < 1.29 is 0 Å². The largest absolute Gasteiger partial charge is 0.355 e. The lowest BCUT2D eigenvalue weighted by atomic mass is 10.1. The summed E-state index contributed by atoms with van der Waals surface area (Å²) < 4.78 is 0. The first-order chi connectivity index (χ1) is 11.0. The van der Waals surface area contributed by atoms with E-state index in [0.717, 1.165) is 51.2 Å². The number of rotatable bonds is 4. The van der Waals surface area contributed by atoms with E-state index in [4.69, 9.17) is 0 Å². The number of nitrogens with zero attached hydrogens (tertiary/aromatic N) is 5. The van der Waals surface area contributed by atoms with E-state index in [0.29, 0.717) is 0 Å². The van der Waals surface area contributed by atoms with E-state index in [-0.39, 0.29) is 29.5 Å². The van der Waals surface area contributed by atoms with Gasteiger partial charge in [-0.1, -0.05) is 0 Å². The minimum Gasteiger partial charge on any atom is -0.355 e. The van der Waals surface area contributed by atoms with Crippen LogP contribution in [0.2, 0.25) is 0 Å². The quantitative estimate of drug-likeness (QED) is 0.313. The van der Waals surface area contributed by atoms with Crippen LogP contribution in [-0.2, 0) is 0 Å². The number of nitrogens with one attached hydrogen (secondary N) is 2. The molecule has 1 aliphatic rings. The van der Waals surface area contributed by atoms with Crippen LogP contribution < -0.4 is 15.5 Å². The van der Waals surface area contributed by atoms with Crippen molar-refractivity contribution in [2.24, 2.45) is 4.99 Å². The predicted octanol–water partition coefficient (Wildman–Crippen LogP) is 1.18. The molecule has 2 rings (SSSR count). The van der Waals surface area contributed by atoms with E-state index in [1.807, 2.05) is 13.1 Å². The minimum absolute atomic E-state index is 0. The van der Waals surface area contributed by atoms with Crippen molar-refractivity contribution in [2.75, 3.05) is 51.2 Å². The van der Waals surface area contributed by atoms with E-state index in [2.05, 4.69) is 56.2 Å². The maximum absolute atomic E-state index is 4.40. The molecule has 0 atom stereocenters. The molecule has 8 heteroatoms. The maximum Gasteiger partial charge on any atom is 0.225 e. The molecular formula is C16H30IN7. The normalized spacial score (nSPS) is 15.9. The van der Waals surface area contributed by atoms with Gasteiger partial charge in [0.05, 0.1) is 0 Å². The minimum atomic E-state index is 0. The first-order valence-corrected chi connectivity index (χ1v) is 8.22. The van der Waals surface area contributed by atoms with E-state index in [1.54, 1.807) is 12.4 Å². The van der Waals surface area contributed by atoms with Crippen molar-refractivity contribution in [3.63, 3.8) is 0 Å². The third-order valence-corrected chi connectivity index (χ3v) is 3.69. The summed E-state index contributed by atoms with van der Waals surface area (Å²) >= 11 is 0. The monoisotopic (exact) mass is 447 g/mol. The van der Waals surface area contributed by atoms with Crippen LogP contribution in [0.4, 0.5) is 5.95 Å². The molecule has 2 heterocycles. The molecule has 7 nitrogen and oxygen atoms in total. The summed E-state index contributed by atoms with van der Waals surface area (Å²) in [5.74, 6) is 1.78. The van der Waals surface area contributed by atoms with Crippen LogP contribution in [0.5, 0.6) is 0 Å². The summed E-state index contributed by atoms with van der Waals surface area (Å²) in [4.78, 5) is 17.5. The summed E-state index contributed by atoms with van der Waals surface area (Å²) in [5.41, 5.74) is 0.145. The summed E-state index contributed by atoms with van der Waals surface area (Å²) in [6.07, 6.45) is 3.58. The van der Waals surface area contributed by atoms with Crippen LogP contribution in [0.15, 0.2) is 23.5 Å². The Balaban J connectivity index is 0.00000288. The van der Waals surface area contributed by atoms with Gasteiger partial charge in [0.25, 0.3) is 0 Å². The highest BCUT2D eigenvalue weighted by molar-refractivity contribution is 14.0. The zero-order valence-electron chi connectivity index (χ0n) is 15.1. The summed E-state index contributed by atoms with van der Waals surface area (Å²) in [6, 6.07) is 1.84. The smallest absolute Gasteiger partial charge is 0.225 e. The average Bonchev–Trinajstić information content (AvgIpc) is 2.55. The number of hydrogen-bond acceptors (Lipinski definition) is 5. The Bertz CT molecular complexity index is 493. The van der Waals surface area contributed by atoms with Gasteiger partial charge in [0.15, 0.2) is 5.96 Å². The average molecular weight is 447 g/mol. The standard InChI is InChI=1S/C16H29N7.HI/c1-16(2,3)21-9-8-20-14(17-4)22-10-12-23(13-11-22)15-18-6-5-7-19-15;/h5-7,21H,8-13H2,1-4H3,(H,17,20);1H. The zero-order valence-corrected chi connectivity index (χ0v) is 17.4. The number of aromatic nitrogens is 2. The molecule has 0 saturated carbocycles. The van der Waals surface area contributed by atoms with Crippen LogP contribution in [-0.4, -0.2) is 72.7 Å². The third-order valence-electron chi connectivity index (χ3n) is 3.69. The predicted molar refractivity (Wildman–Crippen MR) is 110 cm³/mol. The second kappa shape index (κ2) is 9.97. The third kappa shape index (κ3) is 6.76. The number of hydrogen-bond donors (Lipinski definition) is 2. The zero-order chi connectivity index (χ0) is 16.7. The van der Waals surface area contributed by atoms with Gasteiger partial charge in [0.1, 0.15) is 0 Å². The second-order valence-electron chi connectivity index (χ2n) is 6.67. The van der Waals surface area contributed by atoms with Gasteiger partial charge in [0, 0.05) is 64.2 Å². The molecule has 24 heavy (non-hydrogen) atoms. The molecule has 1 aromatic heterocycles. The van der Waals surface area contributed by atoms with Crippen molar-refractivity contribution in [3.8, 4) is 0 Å². The molecule has 1 fully saturated rings. The number of anilines is 1. The van der Waals surface area contributed by atoms with E-state index >= 15 is 0 Å². The molecule has 1 aliphatic heterocycles. The van der Waals surface area contributed by atoms with Gasteiger partial charge >= 0.3 is 0 Å². The lowest BCUT2D eigenvalue weighted by Crippen LogP contribution is -2.53. The lowest BCUT2D eigenvalue weighted by molar-refractivity contribution is 0.367. The van der Waals surface area contributed by atoms with Gasteiger partial charge in [-0.2, -0.15) is 0 Å². The Morgan fingerprint density at radius 2 is 1.75 bits per heavy atom. The van der Waals surface area contributed by atoms with E-state index in [9.17, 15) is 0 Å². The fourth-order valence-electron chi connectivity index (χ4n) is 2.52. The van der Waals surface area contributed by atoms with Crippen LogP contribution in [0, 0.1) is 0 Å². The van der Waals surface area contributed by atoms with Gasteiger partial charge in [-0.15, -0.1) is 24.0 Å². The Hall–Kier alpha value is -1.16. The highest BCUT2D eigenvalue weighted by Gasteiger charge is 2.20. The van der Waals surface area contributed by atoms with Crippen LogP contribution in [0.1, 0.15) is 20.8 Å². The van der Waals surface area contributed by atoms with Gasteiger partial charge < -0.3 is 20.4 Å². The molecule has 1 saturated heterocycles. The molecule has 0 spiro atoms. The maximum atomic E-state index is 4.40. The molecule has 0 radical (unpaired) electrons. The number of piperazine rings is 1. The van der Waals surface area contributed by atoms with Gasteiger partial charge in [-0.25, -0.2) is 9.97 Å². The first-order valence-electron chi connectivity index (χ1n) is 8.22. The summed E-state index contributed by atoms with van der Waals surface area (Å²) in [5, 5.41) is 6.90. The number of guanidine groups is 1. The fourth-order valence-corrected chi connectivity index (χ4v) is 2.52. The Kier molecular flexibility index (Phi) is 8.68. The molecule has 0 amide bonds. The molecule has 0 unspecified atom stereocenters. The summed E-state index contributed by atoms with van der Waals surface area (Å²) in [6.45, 7) is 12.0. The van der Waals surface area contributed by atoms with Crippen molar-refractivity contribution in [2.45, 2.75) is 26.3 Å². The van der Waals surface area contributed by atoms with Crippen LogP contribution in [0.3, 0.4) is 0 Å². The second-order valence-corrected chi connectivity index (χ2v) is 6.67. The van der Waals surface area contributed by atoms with Gasteiger partial charge in [0.2, 0.25) is 5.95 Å². The molecule has 2 N–H and O–H groups in total. The molecule has 136 valence electrons. The lowest BCUT2D eigenvalue weighted by Gasteiger charge is -2.36. The van der Waals surface area contributed by atoms with Gasteiger partial charge in [-0.05, 0) is 26.8 Å². The highest BCUT2D eigenvalue weighted by atomic mass is 127. The van der Waals surface area contributed by atoms with Crippen LogP contribution in [0.25, 0.3) is 0 Å². The molecular weight excluding hydrogens is 417 g/mol. The van der Waals surface area contributed by atoms with Crippen molar-refractivity contribution in [1.29, 1.82) is 0 Å². The fraction of sp³-hybridized carbons (Fsp3) is 0.688. The van der Waals surface area contributed by atoms with Crippen molar-refractivity contribution in [3.05, 3.63) is 18.5 Å². The van der Waals surface area contributed by atoms with E-state index in [1.165, 1.54) is 0 Å². The van der Waals surface area contributed by atoms with E-state index < -0.39 is 0 Å². The first kappa shape index (κ1) is 20.9. The molecule has 0 aromatic carbocycles. The molecule has 0 aliphatic carbocycles. The topological polar surface area (TPSA) is 68.7 Å². The number of halogens is 1.